The summed E-state index contributed by atoms with van der Waals surface area (Å²) in [5.41, 5.74) is 2.44. The number of hydrogen-bond donors (Lipinski definition) is 1. The normalized spacial score (nSPS) is 17.3. The van der Waals surface area contributed by atoms with Gasteiger partial charge in [-0.15, -0.1) is 11.3 Å². The van der Waals surface area contributed by atoms with Gasteiger partial charge in [0.15, 0.2) is 0 Å². The lowest BCUT2D eigenvalue weighted by Crippen LogP contribution is -2.38. The minimum Gasteiger partial charge on any atom is -0.354 e. The number of likely N-dealkylation sites (tertiary alicyclic amines) is 1. The third-order valence-electron chi connectivity index (χ3n) is 4.46. The molecule has 126 valence electrons. The van der Waals surface area contributed by atoms with E-state index in [-0.39, 0.29) is 24.3 Å². The van der Waals surface area contributed by atoms with E-state index in [1.165, 1.54) is 16.0 Å². The zero-order chi connectivity index (χ0) is 16.9. The van der Waals surface area contributed by atoms with E-state index in [4.69, 9.17) is 0 Å². The Labute approximate surface area is 146 Å². The largest absolute Gasteiger partial charge is 0.354 e. The predicted molar refractivity (Wildman–Crippen MR) is 96.1 cm³/mol. The van der Waals surface area contributed by atoms with Gasteiger partial charge in [-0.25, -0.2) is 0 Å². The molecule has 1 N–H and O–H groups in total. The van der Waals surface area contributed by atoms with Gasteiger partial charge in [0.2, 0.25) is 11.8 Å². The molecule has 2 aromatic rings. The van der Waals surface area contributed by atoms with Crippen molar-refractivity contribution in [2.24, 2.45) is 0 Å². The molecular weight excluding hydrogens is 320 g/mol. The van der Waals surface area contributed by atoms with Crippen molar-refractivity contribution in [2.45, 2.75) is 25.7 Å². The number of aryl methyl sites for hydroxylation is 1. The fourth-order valence-electron chi connectivity index (χ4n) is 3.08. The van der Waals surface area contributed by atoms with Crippen LogP contribution in [0.25, 0.3) is 0 Å². The van der Waals surface area contributed by atoms with Crippen molar-refractivity contribution in [3.8, 4) is 0 Å². The van der Waals surface area contributed by atoms with Gasteiger partial charge in [-0.2, -0.15) is 0 Å². The van der Waals surface area contributed by atoms with Crippen LogP contribution in [0, 0.1) is 6.92 Å². The molecule has 2 heterocycles. The predicted octanol–water partition coefficient (Wildman–Crippen LogP) is 2.73. The lowest BCUT2D eigenvalue weighted by atomic mass is 9.99. The Hall–Kier alpha value is -2.14. The molecule has 1 fully saturated rings. The average Bonchev–Trinajstić information content (AvgIpc) is 3.15. The summed E-state index contributed by atoms with van der Waals surface area (Å²) in [5, 5.41) is 4.99. The van der Waals surface area contributed by atoms with Gasteiger partial charge in [0.25, 0.3) is 0 Å². The highest BCUT2D eigenvalue weighted by Gasteiger charge is 2.31. The number of nitrogens with one attached hydrogen (secondary N) is 1. The molecule has 0 radical (unpaired) electrons. The van der Waals surface area contributed by atoms with Crippen molar-refractivity contribution in [3.63, 3.8) is 0 Å². The second kappa shape index (κ2) is 7.62. The third kappa shape index (κ3) is 4.03. The zero-order valence-electron chi connectivity index (χ0n) is 13.8. The molecule has 1 atom stereocenters. The summed E-state index contributed by atoms with van der Waals surface area (Å²) in [4.78, 5) is 27.2. The first-order valence-electron chi connectivity index (χ1n) is 8.26. The first kappa shape index (κ1) is 16.7. The summed E-state index contributed by atoms with van der Waals surface area (Å²) >= 11 is 1.72. The highest BCUT2D eigenvalue weighted by Crippen LogP contribution is 2.27. The van der Waals surface area contributed by atoms with E-state index in [0.29, 0.717) is 19.5 Å². The van der Waals surface area contributed by atoms with Crippen LogP contribution in [-0.4, -0.2) is 36.3 Å². The third-order valence-corrected chi connectivity index (χ3v) is 5.55. The van der Waals surface area contributed by atoms with Crippen LogP contribution in [-0.2, 0) is 16.0 Å². The highest BCUT2D eigenvalue weighted by molar-refractivity contribution is 7.10. The highest BCUT2D eigenvalue weighted by atomic mass is 32.1. The molecule has 1 aliphatic heterocycles. The maximum absolute atomic E-state index is 12.1. The molecule has 0 bridgehead atoms. The summed E-state index contributed by atoms with van der Waals surface area (Å²) in [6.07, 6.45) is 1.33. The van der Waals surface area contributed by atoms with Crippen molar-refractivity contribution in [1.82, 2.24) is 10.2 Å². The van der Waals surface area contributed by atoms with Crippen LogP contribution in [0.5, 0.6) is 0 Å². The van der Waals surface area contributed by atoms with Crippen LogP contribution in [0.4, 0.5) is 0 Å². The molecular formula is C19H22N2O2S. The lowest BCUT2D eigenvalue weighted by molar-refractivity contribution is -0.133. The molecule has 4 nitrogen and oxygen atoms in total. The monoisotopic (exact) mass is 342 g/mol. The Kier molecular flexibility index (Phi) is 5.30. The number of nitrogens with zero attached hydrogens (tertiary/aromatic N) is 1. The van der Waals surface area contributed by atoms with Gasteiger partial charge < -0.3 is 10.2 Å². The van der Waals surface area contributed by atoms with Crippen molar-refractivity contribution >= 4 is 23.2 Å². The van der Waals surface area contributed by atoms with Gasteiger partial charge >= 0.3 is 0 Å². The van der Waals surface area contributed by atoms with E-state index < -0.39 is 0 Å². The smallest absolute Gasteiger partial charge is 0.239 e. The summed E-state index contributed by atoms with van der Waals surface area (Å²) in [7, 11) is 0. The number of rotatable bonds is 6. The van der Waals surface area contributed by atoms with Gasteiger partial charge in [0, 0.05) is 30.3 Å². The van der Waals surface area contributed by atoms with Crippen molar-refractivity contribution in [3.05, 3.63) is 57.8 Å². The quantitative estimate of drug-likeness (QED) is 0.877. The van der Waals surface area contributed by atoms with Gasteiger partial charge in [-0.3, -0.25) is 9.59 Å². The second-order valence-corrected chi connectivity index (χ2v) is 7.21. The number of benzene rings is 1. The Morgan fingerprint density at radius 1 is 1.29 bits per heavy atom. The van der Waals surface area contributed by atoms with Crippen molar-refractivity contribution < 1.29 is 9.59 Å². The van der Waals surface area contributed by atoms with E-state index >= 15 is 0 Å². The standard InChI is InChI=1S/C19H22N2O2S/c1-14-8-10-24-17(14)7-9-20-18(22)13-21-12-16(11-19(21)23)15-5-3-2-4-6-15/h2-6,8,10,16H,7,9,11-13H2,1H3,(H,20,22)/t16-/m1/s1. The van der Waals surface area contributed by atoms with Crippen LogP contribution >= 0.6 is 11.3 Å². The molecule has 0 spiro atoms. The fraction of sp³-hybridized carbons (Fsp3) is 0.368. The maximum atomic E-state index is 12.1. The first-order valence-corrected chi connectivity index (χ1v) is 9.14. The van der Waals surface area contributed by atoms with Crippen molar-refractivity contribution in [1.29, 1.82) is 0 Å². The van der Waals surface area contributed by atoms with Crippen LogP contribution in [0.1, 0.15) is 28.3 Å². The second-order valence-electron chi connectivity index (χ2n) is 6.21. The Morgan fingerprint density at radius 3 is 2.79 bits per heavy atom. The Balaban J connectivity index is 1.46. The molecule has 2 amide bonds. The molecule has 0 saturated carbocycles. The maximum Gasteiger partial charge on any atom is 0.239 e. The van der Waals surface area contributed by atoms with E-state index in [2.05, 4.69) is 23.7 Å². The molecule has 3 rings (SSSR count). The Morgan fingerprint density at radius 2 is 2.08 bits per heavy atom. The molecule has 5 heteroatoms. The summed E-state index contributed by atoms with van der Waals surface area (Å²) in [5.74, 6) is 0.180. The lowest BCUT2D eigenvalue weighted by Gasteiger charge is -2.16. The Bertz CT molecular complexity index is 711. The molecule has 1 aliphatic rings. The van der Waals surface area contributed by atoms with E-state index in [1.54, 1.807) is 16.2 Å². The average molecular weight is 342 g/mol. The number of carbonyl (C=O) groups excluding carboxylic acids is 2. The molecule has 1 saturated heterocycles. The van der Waals surface area contributed by atoms with Gasteiger partial charge in [0.1, 0.15) is 0 Å². The number of amides is 2. The molecule has 1 aromatic carbocycles. The minimum absolute atomic E-state index is 0.0631. The van der Waals surface area contributed by atoms with Crippen LogP contribution < -0.4 is 5.32 Å². The number of hydrogen-bond acceptors (Lipinski definition) is 3. The molecule has 24 heavy (non-hydrogen) atoms. The number of thiophene rings is 1. The van der Waals surface area contributed by atoms with Gasteiger partial charge in [0.05, 0.1) is 6.54 Å². The fourth-order valence-corrected chi connectivity index (χ4v) is 3.99. The summed E-state index contributed by atoms with van der Waals surface area (Å²) in [6.45, 7) is 3.48. The van der Waals surface area contributed by atoms with Crippen LogP contribution in [0.3, 0.4) is 0 Å². The van der Waals surface area contributed by atoms with Crippen LogP contribution in [0.15, 0.2) is 41.8 Å². The zero-order valence-corrected chi connectivity index (χ0v) is 14.6. The molecule has 1 aromatic heterocycles. The van der Waals surface area contributed by atoms with E-state index in [9.17, 15) is 9.59 Å². The SMILES string of the molecule is Cc1ccsc1CCNC(=O)CN1C[C@H](c2ccccc2)CC1=O. The van der Waals surface area contributed by atoms with E-state index in [0.717, 1.165) is 6.42 Å². The van der Waals surface area contributed by atoms with E-state index in [1.807, 2.05) is 30.3 Å². The summed E-state index contributed by atoms with van der Waals surface area (Å²) in [6, 6.07) is 12.1. The van der Waals surface area contributed by atoms with Crippen molar-refractivity contribution in [2.75, 3.05) is 19.6 Å². The van der Waals surface area contributed by atoms with Gasteiger partial charge in [-0.1, -0.05) is 30.3 Å². The number of carbonyl (C=O) groups is 2. The van der Waals surface area contributed by atoms with Gasteiger partial charge in [-0.05, 0) is 35.9 Å². The molecule has 0 unspecified atom stereocenters. The minimum atomic E-state index is -0.0775. The molecule has 0 aliphatic carbocycles. The summed E-state index contributed by atoms with van der Waals surface area (Å²) < 4.78 is 0. The topological polar surface area (TPSA) is 49.4 Å². The first-order chi connectivity index (χ1) is 11.6. The van der Waals surface area contributed by atoms with Crippen LogP contribution in [0.2, 0.25) is 0 Å².